The van der Waals surface area contributed by atoms with E-state index in [4.69, 9.17) is 5.73 Å². The van der Waals surface area contributed by atoms with E-state index >= 15 is 0 Å². The molecule has 1 aliphatic rings. The standard InChI is InChI=1S/C13H21N7S/c1-3-6-10-11(14)12(19(2)16-10)21-13-15-17-18-20(13)9-7-4-5-8-9/h9H,3-8,14H2,1-2H3. The van der Waals surface area contributed by atoms with Crippen LogP contribution in [-0.2, 0) is 13.5 Å². The highest BCUT2D eigenvalue weighted by atomic mass is 32.2. The summed E-state index contributed by atoms with van der Waals surface area (Å²) in [6.45, 7) is 2.13. The maximum Gasteiger partial charge on any atom is 0.215 e. The second kappa shape index (κ2) is 6.05. The first-order valence-corrected chi connectivity index (χ1v) is 8.29. The highest BCUT2D eigenvalue weighted by Gasteiger charge is 2.24. The van der Waals surface area contributed by atoms with Gasteiger partial charge in [0, 0.05) is 7.05 Å². The molecule has 114 valence electrons. The molecular formula is C13H21N7S. The van der Waals surface area contributed by atoms with Crippen molar-refractivity contribution < 1.29 is 0 Å². The lowest BCUT2D eigenvalue weighted by molar-refractivity contribution is 0.423. The van der Waals surface area contributed by atoms with Crippen LogP contribution >= 0.6 is 11.8 Å². The molecule has 0 saturated heterocycles. The summed E-state index contributed by atoms with van der Waals surface area (Å²) in [5, 5.41) is 18.4. The molecule has 1 saturated carbocycles. The van der Waals surface area contributed by atoms with E-state index in [1.807, 2.05) is 16.4 Å². The Hall–Kier alpha value is -1.57. The zero-order valence-corrected chi connectivity index (χ0v) is 13.3. The van der Waals surface area contributed by atoms with Crippen molar-refractivity contribution in [1.29, 1.82) is 0 Å². The lowest BCUT2D eigenvalue weighted by Gasteiger charge is -2.10. The van der Waals surface area contributed by atoms with E-state index < -0.39 is 0 Å². The fraction of sp³-hybridized carbons (Fsp3) is 0.692. The van der Waals surface area contributed by atoms with Crippen molar-refractivity contribution in [3.8, 4) is 0 Å². The van der Waals surface area contributed by atoms with Crippen LogP contribution in [0.1, 0.15) is 50.8 Å². The van der Waals surface area contributed by atoms with Gasteiger partial charge in [-0.1, -0.05) is 26.2 Å². The average Bonchev–Trinajstić information content (AvgIpc) is 3.17. The first-order chi connectivity index (χ1) is 10.2. The summed E-state index contributed by atoms with van der Waals surface area (Å²) in [5.41, 5.74) is 7.94. The van der Waals surface area contributed by atoms with Gasteiger partial charge >= 0.3 is 0 Å². The van der Waals surface area contributed by atoms with Crippen LogP contribution in [0.25, 0.3) is 0 Å². The Bertz CT molecular complexity index is 612. The van der Waals surface area contributed by atoms with Gasteiger partial charge in [-0.05, 0) is 41.5 Å². The van der Waals surface area contributed by atoms with Gasteiger partial charge in [-0.3, -0.25) is 4.68 Å². The van der Waals surface area contributed by atoms with E-state index in [2.05, 4.69) is 27.5 Å². The number of aromatic nitrogens is 6. The second-order valence-electron chi connectivity index (χ2n) is 5.49. The summed E-state index contributed by atoms with van der Waals surface area (Å²) >= 11 is 1.51. The minimum atomic E-state index is 0.423. The lowest BCUT2D eigenvalue weighted by Crippen LogP contribution is -2.08. The van der Waals surface area contributed by atoms with Crippen LogP contribution < -0.4 is 5.73 Å². The van der Waals surface area contributed by atoms with Gasteiger partial charge < -0.3 is 5.73 Å². The van der Waals surface area contributed by atoms with E-state index in [0.29, 0.717) is 6.04 Å². The average molecular weight is 307 g/mol. The fourth-order valence-electron chi connectivity index (χ4n) is 2.84. The smallest absolute Gasteiger partial charge is 0.215 e. The van der Waals surface area contributed by atoms with Crippen LogP contribution in [0.15, 0.2) is 10.2 Å². The van der Waals surface area contributed by atoms with Crippen molar-refractivity contribution in [2.75, 3.05) is 5.73 Å². The highest BCUT2D eigenvalue weighted by molar-refractivity contribution is 7.99. The summed E-state index contributed by atoms with van der Waals surface area (Å²) in [6.07, 6.45) is 6.74. The monoisotopic (exact) mass is 307 g/mol. The van der Waals surface area contributed by atoms with Crippen LogP contribution in [0.2, 0.25) is 0 Å². The number of anilines is 1. The van der Waals surface area contributed by atoms with Crippen molar-refractivity contribution >= 4 is 17.4 Å². The minimum Gasteiger partial charge on any atom is -0.395 e. The number of nitrogen functional groups attached to an aromatic ring is 1. The van der Waals surface area contributed by atoms with Gasteiger partial charge in [0.1, 0.15) is 5.03 Å². The SMILES string of the molecule is CCCc1nn(C)c(Sc2nnnn2C2CCCC2)c1N. The quantitative estimate of drug-likeness (QED) is 0.911. The Morgan fingerprint density at radius 3 is 2.81 bits per heavy atom. The minimum absolute atomic E-state index is 0.423. The molecule has 0 spiro atoms. The number of hydrogen-bond donors (Lipinski definition) is 1. The van der Waals surface area contributed by atoms with Gasteiger partial charge in [0.15, 0.2) is 0 Å². The molecular weight excluding hydrogens is 286 g/mol. The molecule has 2 heterocycles. The molecule has 2 aromatic heterocycles. The lowest BCUT2D eigenvalue weighted by atomic mass is 10.2. The van der Waals surface area contributed by atoms with E-state index in [1.165, 1.54) is 24.6 Å². The zero-order valence-electron chi connectivity index (χ0n) is 12.5. The molecule has 3 rings (SSSR count). The molecule has 1 fully saturated rings. The predicted molar refractivity (Wildman–Crippen MR) is 81.1 cm³/mol. The van der Waals surface area contributed by atoms with E-state index in [9.17, 15) is 0 Å². The summed E-state index contributed by atoms with van der Waals surface area (Å²) in [6, 6.07) is 0.423. The van der Waals surface area contributed by atoms with Crippen molar-refractivity contribution in [3.05, 3.63) is 5.69 Å². The molecule has 0 aliphatic heterocycles. The van der Waals surface area contributed by atoms with Crippen molar-refractivity contribution in [2.24, 2.45) is 7.05 Å². The number of rotatable bonds is 5. The van der Waals surface area contributed by atoms with Crippen molar-refractivity contribution in [1.82, 2.24) is 30.0 Å². The molecule has 1 aliphatic carbocycles. The fourth-order valence-corrected chi connectivity index (χ4v) is 3.77. The predicted octanol–water partition coefficient (Wildman–Crippen LogP) is 2.21. The molecule has 8 heteroatoms. The van der Waals surface area contributed by atoms with Gasteiger partial charge in [0.05, 0.1) is 17.4 Å². The molecule has 0 radical (unpaired) electrons. The highest BCUT2D eigenvalue weighted by Crippen LogP contribution is 2.36. The normalized spacial score (nSPS) is 15.9. The first-order valence-electron chi connectivity index (χ1n) is 7.47. The molecule has 7 nitrogen and oxygen atoms in total. The largest absolute Gasteiger partial charge is 0.395 e. The summed E-state index contributed by atoms with van der Waals surface area (Å²) in [4.78, 5) is 0. The third-order valence-corrected chi connectivity index (χ3v) is 5.04. The van der Waals surface area contributed by atoms with Gasteiger partial charge in [-0.2, -0.15) is 5.10 Å². The molecule has 0 unspecified atom stereocenters. The van der Waals surface area contributed by atoms with Crippen LogP contribution in [-0.4, -0.2) is 30.0 Å². The van der Waals surface area contributed by atoms with Crippen molar-refractivity contribution in [2.45, 2.75) is 61.7 Å². The zero-order chi connectivity index (χ0) is 14.8. The Kier molecular flexibility index (Phi) is 4.14. The molecule has 2 aromatic rings. The molecule has 0 atom stereocenters. The van der Waals surface area contributed by atoms with Crippen molar-refractivity contribution in [3.63, 3.8) is 0 Å². The van der Waals surface area contributed by atoms with Gasteiger partial charge in [0.25, 0.3) is 0 Å². The maximum atomic E-state index is 6.23. The maximum absolute atomic E-state index is 6.23. The molecule has 0 amide bonds. The molecule has 21 heavy (non-hydrogen) atoms. The van der Waals surface area contributed by atoms with Crippen LogP contribution in [0.3, 0.4) is 0 Å². The first kappa shape index (κ1) is 14.4. The third-order valence-electron chi connectivity index (χ3n) is 3.91. The van der Waals surface area contributed by atoms with E-state index in [1.54, 1.807) is 0 Å². The number of nitrogens with two attached hydrogens (primary N) is 1. The number of hydrogen-bond acceptors (Lipinski definition) is 6. The summed E-state index contributed by atoms with van der Waals surface area (Å²) in [5.74, 6) is 0. The van der Waals surface area contributed by atoms with Crippen LogP contribution in [0, 0.1) is 0 Å². The number of nitrogens with zero attached hydrogens (tertiary/aromatic N) is 6. The Labute approximate surface area is 128 Å². The summed E-state index contributed by atoms with van der Waals surface area (Å²) < 4.78 is 3.78. The Morgan fingerprint density at radius 1 is 1.33 bits per heavy atom. The summed E-state index contributed by atoms with van der Waals surface area (Å²) in [7, 11) is 1.92. The molecule has 0 bridgehead atoms. The number of tetrazole rings is 1. The second-order valence-corrected chi connectivity index (χ2v) is 6.44. The molecule has 0 aromatic carbocycles. The van der Waals surface area contributed by atoms with Crippen LogP contribution in [0.5, 0.6) is 0 Å². The Balaban J connectivity index is 1.85. The molecule has 2 N–H and O–H groups in total. The van der Waals surface area contributed by atoms with Gasteiger partial charge in [-0.15, -0.1) is 5.10 Å². The number of aryl methyl sites for hydroxylation is 2. The van der Waals surface area contributed by atoms with E-state index in [0.717, 1.165) is 47.2 Å². The third kappa shape index (κ3) is 2.76. The Morgan fingerprint density at radius 2 is 2.10 bits per heavy atom. The van der Waals surface area contributed by atoms with Gasteiger partial charge in [0.2, 0.25) is 5.16 Å². The van der Waals surface area contributed by atoms with Crippen LogP contribution in [0.4, 0.5) is 5.69 Å². The van der Waals surface area contributed by atoms with Gasteiger partial charge in [-0.25, -0.2) is 4.68 Å². The van der Waals surface area contributed by atoms with E-state index in [-0.39, 0.29) is 0 Å². The topological polar surface area (TPSA) is 87.4 Å².